The second-order valence-electron chi connectivity index (χ2n) is 2.94. The van der Waals surface area contributed by atoms with Crippen LogP contribution in [0.2, 0.25) is 0 Å². The maximum absolute atomic E-state index is 10.7. The van der Waals surface area contributed by atoms with Crippen molar-refractivity contribution in [2.75, 3.05) is 12.8 Å². The van der Waals surface area contributed by atoms with Gasteiger partial charge in [-0.25, -0.2) is 13.1 Å². The molecule has 0 aliphatic rings. The molecule has 0 heterocycles. The van der Waals surface area contributed by atoms with Crippen LogP contribution >= 0.6 is 0 Å². The SMILES string of the molecule is CCCC(CNS(C)(=O)=O)C(=O)O. The van der Waals surface area contributed by atoms with Crippen molar-refractivity contribution in [1.29, 1.82) is 0 Å². The highest BCUT2D eigenvalue weighted by Gasteiger charge is 2.17. The molecular formula is C7H15NO4S. The quantitative estimate of drug-likeness (QED) is 0.646. The molecule has 13 heavy (non-hydrogen) atoms. The lowest BCUT2D eigenvalue weighted by atomic mass is 10.1. The molecule has 0 bridgehead atoms. The van der Waals surface area contributed by atoms with E-state index in [1.54, 1.807) is 0 Å². The average molecular weight is 209 g/mol. The third kappa shape index (κ3) is 6.53. The molecule has 0 amide bonds. The Hall–Kier alpha value is -0.620. The fourth-order valence-corrected chi connectivity index (χ4v) is 1.42. The van der Waals surface area contributed by atoms with Gasteiger partial charge >= 0.3 is 5.97 Å². The van der Waals surface area contributed by atoms with Crippen LogP contribution in [0.5, 0.6) is 0 Å². The lowest BCUT2D eigenvalue weighted by Crippen LogP contribution is -2.32. The smallest absolute Gasteiger partial charge is 0.307 e. The average Bonchev–Trinajstić information content (AvgIpc) is 1.95. The van der Waals surface area contributed by atoms with Crippen LogP contribution < -0.4 is 4.72 Å². The van der Waals surface area contributed by atoms with E-state index in [2.05, 4.69) is 4.72 Å². The Morgan fingerprint density at radius 2 is 2.08 bits per heavy atom. The van der Waals surface area contributed by atoms with Gasteiger partial charge in [0.15, 0.2) is 0 Å². The van der Waals surface area contributed by atoms with E-state index < -0.39 is 21.9 Å². The molecule has 2 N–H and O–H groups in total. The molecule has 0 fully saturated rings. The zero-order chi connectivity index (χ0) is 10.5. The summed E-state index contributed by atoms with van der Waals surface area (Å²) in [6, 6.07) is 0. The van der Waals surface area contributed by atoms with Crippen molar-refractivity contribution in [2.24, 2.45) is 5.92 Å². The number of carboxylic acids is 1. The molecule has 0 aromatic carbocycles. The Morgan fingerprint density at radius 1 is 1.54 bits per heavy atom. The summed E-state index contributed by atoms with van der Waals surface area (Å²) in [5, 5.41) is 8.67. The number of sulfonamides is 1. The number of aliphatic carboxylic acids is 1. The second kappa shape index (κ2) is 5.18. The maximum Gasteiger partial charge on any atom is 0.307 e. The van der Waals surface area contributed by atoms with Crippen molar-refractivity contribution >= 4 is 16.0 Å². The van der Waals surface area contributed by atoms with E-state index in [9.17, 15) is 13.2 Å². The number of carbonyl (C=O) groups is 1. The predicted molar refractivity (Wildman–Crippen MR) is 48.9 cm³/mol. The summed E-state index contributed by atoms with van der Waals surface area (Å²) in [7, 11) is -3.28. The van der Waals surface area contributed by atoms with Crippen molar-refractivity contribution in [2.45, 2.75) is 19.8 Å². The van der Waals surface area contributed by atoms with Gasteiger partial charge in [0.05, 0.1) is 12.2 Å². The van der Waals surface area contributed by atoms with Crippen LogP contribution in [0.25, 0.3) is 0 Å². The number of nitrogens with one attached hydrogen (secondary N) is 1. The summed E-state index contributed by atoms with van der Waals surface area (Å²) in [4.78, 5) is 10.6. The van der Waals surface area contributed by atoms with Gasteiger partial charge in [-0.3, -0.25) is 4.79 Å². The fourth-order valence-electron chi connectivity index (χ4n) is 0.913. The molecular weight excluding hydrogens is 194 g/mol. The predicted octanol–water partition coefficient (Wildman–Crippen LogP) is 0.0365. The minimum atomic E-state index is -3.28. The number of carboxylic acid groups (broad SMARTS) is 1. The molecule has 0 spiro atoms. The van der Waals surface area contributed by atoms with E-state index in [0.717, 1.165) is 12.7 Å². The molecule has 0 rings (SSSR count). The van der Waals surface area contributed by atoms with E-state index in [1.165, 1.54) is 0 Å². The number of hydrogen-bond donors (Lipinski definition) is 2. The summed E-state index contributed by atoms with van der Waals surface area (Å²) >= 11 is 0. The first-order valence-corrected chi connectivity index (χ1v) is 5.93. The van der Waals surface area contributed by atoms with Crippen LogP contribution in [0.1, 0.15) is 19.8 Å². The largest absolute Gasteiger partial charge is 0.481 e. The summed E-state index contributed by atoms with van der Waals surface area (Å²) in [5.74, 6) is -1.59. The van der Waals surface area contributed by atoms with Crippen molar-refractivity contribution in [1.82, 2.24) is 4.72 Å². The van der Waals surface area contributed by atoms with Gasteiger partial charge in [0.2, 0.25) is 10.0 Å². The second-order valence-corrected chi connectivity index (χ2v) is 4.78. The zero-order valence-corrected chi connectivity index (χ0v) is 8.60. The Balaban J connectivity index is 4.05. The first kappa shape index (κ1) is 12.4. The van der Waals surface area contributed by atoms with Gasteiger partial charge in [-0.2, -0.15) is 0 Å². The van der Waals surface area contributed by atoms with Crippen LogP contribution in [-0.2, 0) is 14.8 Å². The fraction of sp³-hybridized carbons (Fsp3) is 0.857. The van der Waals surface area contributed by atoms with Crippen LogP contribution in [0, 0.1) is 5.92 Å². The third-order valence-corrected chi connectivity index (χ3v) is 2.27. The van der Waals surface area contributed by atoms with Crippen molar-refractivity contribution < 1.29 is 18.3 Å². The Bertz CT molecular complexity index is 260. The Kier molecular flexibility index (Phi) is 4.94. The molecule has 0 aromatic rings. The molecule has 0 saturated heterocycles. The van der Waals surface area contributed by atoms with Crippen molar-refractivity contribution in [3.8, 4) is 0 Å². The zero-order valence-electron chi connectivity index (χ0n) is 7.78. The van der Waals surface area contributed by atoms with Crippen LogP contribution in [0.4, 0.5) is 0 Å². The topological polar surface area (TPSA) is 83.5 Å². The van der Waals surface area contributed by atoms with Gasteiger partial charge < -0.3 is 5.11 Å². The minimum absolute atomic E-state index is 0.0258. The molecule has 0 radical (unpaired) electrons. The van der Waals surface area contributed by atoms with Crippen LogP contribution in [0.15, 0.2) is 0 Å². The highest BCUT2D eigenvalue weighted by molar-refractivity contribution is 7.88. The highest BCUT2D eigenvalue weighted by atomic mass is 32.2. The summed E-state index contributed by atoms with van der Waals surface area (Å²) in [5.41, 5.74) is 0. The summed E-state index contributed by atoms with van der Waals surface area (Å²) < 4.78 is 23.5. The maximum atomic E-state index is 10.7. The standard InChI is InChI=1S/C7H15NO4S/c1-3-4-6(7(9)10)5-8-13(2,11)12/h6,8H,3-5H2,1-2H3,(H,9,10). The van der Waals surface area contributed by atoms with Crippen LogP contribution in [-0.4, -0.2) is 32.3 Å². The molecule has 0 aliphatic carbocycles. The van der Waals surface area contributed by atoms with E-state index in [4.69, 9.17) is 5.11 Å². The number of hydrogen-bond acceptors (Lipinski definition) is 3. The molecule has 5 nitrogen and oxygen atoms in total. The third-order valence-electron chi connectivity index (χ3n) is 1.58. The molecule has 1 unspecified atom stereocenters. The molecule has 1 atom stereocenters. The monoisotopic (exact) mass is 209 g/mol. The summed E-state index contributed by atoms with van der Waals surface area (Å²) in [6.07, 6.45) is 2.22. The Morgan fingerprint density at radius 3 is 2.38 bits per heavy atom. The van der Waals surface area contributed by atoms with Gasteiger partial charge in [-0.1, -0.05) is 13.3 Å². The van der Waals surface area contributed by atoms with Gasteiger partial charge in [-0.15, -0.1) is 0 Å². The van der Waals surface area contributed by atoms with Crippen molar-refractivity contribution in [3.63, 3.8) is 0 Å². The van der Waals surface area contributed by atoms with Gasteiger partial charge in [0.1, 0.15) is 0 Å². The lowest BCUT2D eigenvalue weighted by Gasteiger charge is -2.10. The van der Waals surface area contributed by atoms with Crippen LogP contribution in [0.3, 0.4) is 0 Å². The first-order valence-electron chi connectivity index (χ1n) is 4.04. The first-order chi connectivity index (χ1) is 5.87. The molecule has 78 valence electrons. The van der Waals surface area contributed by atoms with Gasteiger partial charge in [0.25, 0.3) is 0 Å². The van der Waals surface area contributed by atoms with E-state index in [1.807, 2.05) is 6.92 Å². The van der Waals surface area contributed by atoms with E-state index in [-0.39, 0.29) is 6.54 Å². The van der Waals surface area contributed by atoms with Gasteiger partial charge in [0, 0.05) is 6.54 Å². The molecule has 0 saturated carbocycles. The summed E-state index contributed by atoms with van der Waals surface area (Å²) in [6.45, 7) is 1.83. The minimum Gasteiger partial charge on any atom is -0.481 e. The highest BCUT2D eigenvalue weighted by Crippen LogP contribution is 2.05. The molecule has 6 heteroatoms. The number of rotatable bonds is 6. The molecule has 0 aliphatic heterocycles. The molecule has 0 aromatic heterocycles. The van der Waals surface area contributed by atoms with Crippen molar-refractivity contribution in [3.05, 3.63) is 0 Å². The lowest BCUT2D eigenvalue weighted by molar-refractivity contribution is -0.141. The normalized spacial score (nSPS) is 14.0. The van der Waals surface area contributed by atoms with E-state index in [0.29, 0.717) is 6.42 Å². The Labute approximate surface area is 78.2 Å². The van der Waals surface area contributed by atoms with Gasteiger partial charge in [-0.05, 0) is 6.42 Å². The van der Waals surface area contributed by atoms with E-state index >= 15 is 0 Å².